The SMILES string of the molecule is CCCc1cc(Oc2ccc3c4ccccc4n(-c4cc(OC)ccn4)c3c2)cc(-n2nc(CC)c(-c3c(C)cccc3C)c2CC)c1. The lowest BCUT2D eigenvalue weighted by molar-refractivity contribution is 0.414. The van der Waals surface area contributed by atoms with Crippen molar-refractivity contribution in [2.45, 2.75) is 60.3 Å². The number of ether oxygens (including phenoxy) is 2. The molecule has 6 heteroatoms. The Morgan fingerprint density at radius 3 is 2.23 bits per heavy atom. The number of methoxy groups -OCH3 is 1. The Bertz CT molecular complexity index is 2260. The van der Waals surface area contributed by atoms with E-state index in [4.69, 9.17) is 19.6 Å². The summed E-state index contributed by atoms with van der Waals surface area (Å²) in [5.41, 5.74) is 11.8. The molecular formula is C42H42N4O2. The average Bonchev–Trinajstić information content (AvgIpc) is 3.63. The maximum absolute atomic E-state index is 6.73. The first-order valence-corrected chi connectivity index (χ1v) is 17.0. The zero-order valence-corrected chi connectivity index (χ0v) is 28.7. The lowest BCUT2D eigenvalue weighted by Crippen LogP contribution is -2.04. The molecule has 7 rings (SSSR count). The molecule has 0 aliphatic carbocycles. The van der Waals surface area contributed by atoms with Crippen molar-refractivity contribution in [3.63, 3.8) is 0 Å². The van der Waals surface area contributed by atoms with Crippen LogP contribution >= 0.6 is 0 Å². The lowest BCUT2D eigenvalue weighted by atomic mass is 9.92. The summed E-state index contributed by atoms with van der Waals surface area (Å²) < 4.78 is 16.6. The molecule has 0 radical (unpaired) electrons. The normalized spacial score (nSPS) is 11.5. The van der Waals surface area contributed by atoms with Crippen LogP contribution in [0.4, 0.5) is 0 Å². The molecular weight excluding hydrogens is 592 g/mol. The van der Waals surface area contributed by atoms with Crippen molar-refractivity contribution in [2.24, 2.45) is 0 Å². The van der Waals surface area contributed by atoms with Gasteiger partial charge in [-0.05, 0) is 91.8 Å². The van der Waals surface area contributed by atoms with Crippen LogP contribution < -0.4 is 9.47 Å². The zero-order chi connectivity index (χ0) is 33.4. The molecule has 0 fully saturated rings. The molecule has 3 heterocycles. The Hall–Kier alpha value is -5.36. The molecule has 242 valence electrons. The molecule has 0 aliphatic heterocycles. The highest BCUT2D eigenvalue weighted by molar-refractivity contribution is 6.09. The Morgan fingerprint density at radius 1 is 0.688 bits per heavy atom. The molecule has 48 heavy (non-hydrogen) atoms. The third-order valence-electron chi connectivity index (χ3n) is 9.25. The summed E-state index contributed by atoms with van der Waals surface area (Å²) >= 11 is 0. The number of para-hydroxylation sites is 1. The van der Waals surface area contributed by atoms with E-state index in [2.05, 4.69) is 123 Å². The van der Waals surface area contributed by atoms with Crippen molar-refractivity contribution in [3.05, 3.63) is 125 Å². The van der Waals surface area contributed by atoms with Crippen molar-refractivity contribution in [1.29, 1.82) is 0 Å². The highest BCUT2D eigenvalue weighted by Gasteiger charge is 2.22. The zero-order valence-electron chi connectivity index (χ0n) is 28.7. The first kappa shape index (κ1) is 31.3. The minimum absolute atomic E-state index is 0.760. The fraction of sp³-hybridized carbons (Fsp3) is 0.238. The maximum Gasteiger partial charge on any atom is 0.141 e. The fourth-order valence-electron chi connectivity index (χ4n) is 7.09. The topological polar surface area (TPSA) is 54.1 Å². The molecule has 7 aromatic rings. The van der Waals surface area contributed by atoms with Gasteiger partial charge in [-0.3, -0.25) is 4.57 Å². The number of aromatic nitrogens is 4. The number of rotatable bonds is 10. The van der Waals surface area contributed by atoms with Gasteiger partial charge in [-0.1, -0.05) is 63.6 Å². The molecule has 3 aromatic heterocycles. The largest absolute Gasteiger partial charge is 0.497 e. The van der Waals surface area contributed by atoms with Crippen LogP contribution in [0.25, 0.3) is 44.4 Å². The molecule has 0 saturated carbocycles. The van der Waals surface area contributed by atoms with Crippen LogP contribution in [0.1, 0.15) is 55.3 Å². The molecule has 4 aromatic carbocycles. The Kier molecular flexibility index (Phi) is 8.49. The van der Waals surface area contributed by atoms with Gasteiger partial charge in [0.2, 0.25) is 0 Å². The van der Waals surface area contributed by atoms with Gasteiger partial charge in [0.05, 0.1) is 35.2 Å². The van der Waals surface area contributed by atoms with Gasteiger partial charge in [0.25, 0.3) is 0 Å². The van der Waals surface area contributed by atoms with Crippen molar-refractivity contribution < 1.29 is 9.47 Å². The Labute approximate surface area is 282 Å². The van der Waals surface area contributed by atoms with Gasteiger partial charge in [-0.25, -0.2) is 9.67 Å². The summed E-state index contributed by atoms with van der Waals surface area (Å²) in [4.78, 5) is 4.72. The van der Waals surface area contributed by atoms with E-state index in [0.29, 0.717) is 0 Å². The van der Waals surface area contributed by atoms with E-state index in [-0.39, 0.29) is 0 Å². The summed E-state index contributed by atoms with van der Waals surface area (Å²) in [7, 11) is 1.68. The number of hydrogen-bond donors (Lipinski definition) is 0. The maximum atomic E-state index is 6.73. The summed E-state index contributed by atoms with van der Waals surface area (Å²) in [6.07, 6.45) is 5.49. The molecule has 6 nitrogen and oxygen atoms in total. The summed E-state index contributed by atoms with van der Waals surface area (Å²) in [6.45, 7) is 11.0. The number of fused-ring (bicyclic) bond motifs is 3. The van der Waals surface area contributed by atoms with Gasteiger partial charge in [-0.2, -0.15) is 5.10 Å². The van der Waals surface area contributed by atoms with E-state index in [1.54, 1.807) is 13.3 Å². The van der Waals surface area contributed by atoms with Crippen LogP contribution in [-0.2, 0) is 19.3 Å². The number of aryl methyl sites for hydroxylation is 4. The monoisotopic (exact) mass is 634 g/mol. The van der Waals surface area contributed by atoms with Crippen molar-refractivity contribution >= 4 is 21.8 Å². The van der Waals surface area contributed by atoms with Gasteiger partial charge in [-0.15, -0.1) is 0 Å². The number of hydrogen-bond acceptors (Lipinski definition) is 4. The highest BCUT2D eigenvalue weighted by atomic mass is 16.5. The minimum Gasteiger partial charge on any atom is -0.497 e. The third kappa shape index (κ3) is 5.51. The van der Waals surface area contributed by atoms with Crippen LogP contribution in [0.2, 0.25) is 0 Å². The predicted molar refractivity (Wildman–Crippen MR) is 196 cm³/mol. The molecule has 0 spiro atoms. The molecule has 0 saturated heterocycles. The average molecular weight is 635 g/mol. The second-order valence-electron chi connectivity index (χ2n) is 12.4. The summed E-state index contributed by atoms with van der Waals surface area (Å²) in [6, 6.07) is 31.7. The molecule has 0 N–H and O–H groups in total. The van der Waals surface area contributed by atoms with Crippen LogP contribution in [0.3, 0.4) is 0 Å². The lowest BCUT2D eigenvalue weighted by Gasteiger charge is -2.15. The standard InChI is InChI=1S/C42H42N4O2/c1-7-13-29-22-30(46-37(9-3)42(36(8-2)44-46)41-27(4)14-12-15-28(41)5)24-33(23-29)48-32-18-19-35-34-16-10-11-17-38(34)45(39(35)25-32)40-26-31(47-6)20-21-43-40/h10-12,14-26H,7-9,13H2,1-6H3. The first-order chi connectivity index (χ1) is 23.4. The molecule has 0 amide bonds. The van der Waals surface area contributed by atoms with Crippen LogP contribution in [0, 0.1) is 13.8 Å². The molecule has 0 atom stereocenters. The van der Waals surface area contributed by atoms with Gasteiger partial charge in [0.1, 0.15) is 23.1 Å². The first-order valence-electron chi connectivity index (χ1n) is 17.0. The van der Waals surface area contributed by atoms with Gasteiger partial charge in [0.15, 0.2) is 0 Å². The van der Waals surface area contributed by atoms with E-state index < -0.39 is 0 Å². The van der Waals surface area contributed by atoms with Crippen molar-refractivity contribution in [3.8, 4) is 39.9 Å². The minimum atomic E-state index is 0.760. The van der Waals surface area contributed by atoms with E-state index in [0.717, 1.165) is 81.9 Å². The highest BCUT2D eigenvalue weighted by Crippen LogP contribution is 2.38. The van der Waals surface area contributed by atoms with E-state index in [9.17, 15) is 0 Å². The van der Waals surface area contributed by atoms with Crippen molar-refractivity contribution in [1.82, 2.24) is 19.3 Å². The molecule has 0 bridgehead atoms. The molecule has 0 aliphatic rings. The summed E-state index contributed by atoms with van der Waals surface area (Å²) in [5.74, 6) is 3.11. The summed E-state index contributed by atoms with van der Waals surface area (Å²) in [5, 5.41) is 7.54. The number of pyridine rings is 1. The van der Waals surface area contributed by atoms with Crippen molar-refractivity contribution in [2.75, 3.05) is 7.11 Å². The Morgan fingerprint density at radius 2 is 1.48 bits per heavy atom. The van der Waals surface area contributed by atoms with Gasteiger partial charge >= 0.3 is 0 Å². The predicted octanol–water partition coefficient (Wildman–Crippen LogP) is 10.5. The van der Waals surface area contributed by atoms with Crippen LogP contribution in [0.5, 0.6) is 17.2 Å². The Balaban J connectivity index is 1.36. The van der Waals surface area contributed by atoms with Gasteiger partial charge < -0.3 is 9.47 Å². The van der Waals surface area contributed by atoms with E-state index >= 15 is 0 Å². The van der Waals surface area contributed by atoms with E-state index in [1.807, 2.05) is 12.1 Å². The number of benzene rings is 4. The fourth-order valence-corrected chi connectivity index (χ4v) is 7.09. The molecule has 0 unspecified atom stereocenters. The third-order valence-corrected chi connectivity index (χ3v) is 9.25. The second-order valence-corrected chi connectivity index (χ2v) is 12.4. The number of nitrogens with zero attached hydrogens (tertiary/aromatic N) is 4. The van der Waals surface area contributed by atoms with Crippen LogP contribution in [-0.4, -0.2) is 26.4 Å². The van der Waals surface area contributed by atoms with E-state index in [1.165, 1.54) is 33.5 Å². The van der Waals surface area contributed by atoms with Crippen LogP contribution in [0.15, 0.2) is 97.2 Å². The quantitative estimate of drug-likeness (QED) is 0.150. The smallest absolute Gasteiger partial charge is 0.141 e. The van der Waals surface area contributed by atoms with Gasteiger partial charge in [0, 0.05) is 40.7 Å². The second kappa shape index (κ2) is 13.0.